The van der Waals surface area contributed by atoms with Gasteiger partial charge in [-0.25, -0.2) is 0 Å². The Bertz CT molecular complexity index is 448. The molecule has 116 valence electrons. The van der Waals surface area contributed by atoms with Crippen molar-refractivity contribution in [2.45, 2.75) is 19.4 Å². The predicted octanol–water partition coefficient (Wildman–Crippen LogP) is 2.55. The summed E-state index contributed by atoms with van der Waals surface area (Å²) >= 11 is 0. The van der Waals surface area contributed by atoms with Gasteiger partial charge < -0.3 is 10.1 Å². The Balaban J connectivity index is 0.00000132. The lowest BCUT2D eigenvalue weighted by Crippen LogP contribution is -2.25. The maximum atomic E-state index is 5.79. The first-order valence-corrected chi connectivity index (χ1v) is 8.01. The molecule has 0 bridgehead atoms. The van der Waals surface area contributed by atoms with E-state index in [0.29, 0.717) is 0 Å². The Labute approximate surface area is 133 Å². The number of hydrogen-bond acceptors (Lipinski definition) is 3. The molecule has 0 amide bonds. The Kier molecular flexibility index (Phi) is 4.72. The molecule has 0 radical (unpaired) electrons. The molecule has 1 N–H and O–H groups in total. The smallest absolute Gasteiger partial charge is 0.119 e. The summed E-state index contributed by atoms with van der Waals surface area (Å²) in [5, 5.41) is 3.50. The van der Waals surface area contributed by atoms with Crippen LogP contribution in [0.1, 0.15) is 18.4 Å². The molecule has 0 spiro atoms. The first-order valence-electron chi connectivity index (χ1n) is 8.01. The third-order valence-corrected chi connectivity index (χ3v) is 4.98. The van der Waals surface area contributed by atoms with E-state index < -0.39 is 0 Å². The number of nitrogens with one attached hydrogen (secondary N) is 1. The summed E-state index contributed by atoms with van der Waals surface area (Å²) in [4.78, 5) is 2.61. The van der Waals surface area contributed by atoms with Crippen molar-refractivity contribution >= 4 is 12.4 Å². The first kappa shape index (κ1) is 15.1. The number of nitrogens with zero attached hydrogens (tertiary/aromatic N) is 1. The van der Waals surface area contributed by atoms with Gasteiger partial charge >= 0.3 is 0 Å². The second-order valence-corrected chi connectivity index (χ2v) is 6.77. The van der Waals surface area contributed by atoms with E-state index in [9.17, 15) is 0 Å². The normalized spacial score (nSPS) is 28.2. The van der Waals surface area contributed by atoms with Crippen LogP contribution in [-0.4, -0.2) is 37.7 Å². The molecule has 1 saturated carbocycles. The Morgan fingerprint density at radius 2 is 1.71 bits per heavy atom. The first-order chi connectivity index (χ1) is 9.87. The summed E-state index contributed by atoms with van der Waals surface area (Å²) in [6.45, 7) is 6.96. The Hall–Kier alpha value is -0.770. The van der Waals surface area contributed by atoms with Gasteiger partial charge in [0.2, 0.25) is 0 Å². The molecule has 2 atom stereocenters. The summed E-state index contributed by atoms with van der Waals surface area (Å²) in [6, 6.07) is 8.73. The Morgan fingerprint density at radius 3 is 2.33 bits per heavy atom. The lowest BCUT2D eigenvalue weighted by atomic mass is 10.0. The van der Waals surface area contributed by atoms with Gasteiger partial charge in [0.05, 0.1) is 6.61 Å². The fraction of sp³-hybridized carbons (Fsp3) is 0.647. The maximum Gasteiger partial charge on any atom is 0.119 e. The minimum atomic E-state index is 0. The van der Waals surface area contributed by atoms with Crippen LogP contribution in [0.4, 0.5) is 0 Å². The molecule has 3 aliphatic rings. The lowest BCUT2D eigenvalue weighted by Gasteiger charge is -2.17. The van der Waals surface area contributed by atoms with E-state index in [0.717, 1.165) is 36.7 Å². The van der Waals surface area contributed by atoms with Gasteiger partial charge in [-0.15, -0.1) is 12.4 Å². The van der Waals surface area contributed by atoms with Crippen LogP contribution in [0.15, 0.2) is 24.3 Å². The van der Waals surface area contributed by atoms with Crippen molar-refractivity contribution in [1.29, 1.82) is 0 Å². The predicted molar refractivity (Wildman–Crippen MR) is 87.0 cm³/mol. The molecular weight excluding hydrogens is 284 g/mol. The molecule has 4 rings (SSSR count). The van der Waals surface area contributed by atoms with Gasteiger partial charge in [0.15, 0.2) is 0 Å². The van der Waals surface area contributed by atoms with Gasteiger partial charge in [0, 0.05) is 19.6 Å². The van der Waals surface area contributed by atoms with Gasteiger partial charge in [-0.2, -0.15) is 0 Å². The molecule has 3 nitrogen and oxygen atoms in total. The van der Waals surface area contributed by atoms with Gasteiger partial charge in [-0.3, -0.25) is 4.90 Å². The van der Waals surface area contributed by atoms with E-state index >= 15 is 0 Å². The van der Waals surface area contributed by atoms with Gasteiger partial charge in [-0.05, 0) is 61.4 Å². The van der Waals surface area contributed by atoms with Crippen LogP contribution in [0.2, 0.25) is 0 Å². The van der Waals surface area contributed by atoms with E-state index in [-0.39, 0.29) is 12.4 Å². The number of hydrogen-bond donors (Lipinski definition) is 1. The molecule has 1 aromatic rings. The quantitative estimate of drug-likeness (QED) is 0.905. The average Bonchev–Trinajstić information content (AvgIpc) is 3.06. The summed E-state index contributed by atoms with van der Waals surface area (Å²) in [7, 11) is 0. The molecule has 3 fully saturated rings. The highest BCUT2D eigenvalue weighted by atomic mass is 35.5. The minimum absolute atomic E-state index is 0. The van der Waals surface area contributed by atoms with Gasteiger partial charge in [-0.1, -0.05) is 12.1 Å². The molecule has 0 aromatic heterocycles. The maximum absolute atomic E-state index is 5.79. The number of benzene rings is 1. The third kappa shape index (κ3) is 3.71. The molecule has 2 aliphatic heterocycles. The SMILES string of the molecule is Cl.c1cc(OCC2CC2)ccc1CN1C[C@H]2CNC[C@H]2C1. The van der Waals surface area contributed by atoms with Gasteiger partial charge in [0.1, 0.15) is 5.75 Å². The van der Waals surface area contributed by atoms with Crippen molar-refractivity contribution in [2.24, 2.45) is 17.8 Å². The molecule has 0 unspecified atom stereocenters. The van der Waals surface area contributed by atoms with Crippen molar-refractivity contribution in [2.75, 3.05) is 32.8 Å². The van der Waals surface area contributed by atoms with Crippen LogP contribution in [-0.2, 0) is 6.54 Å². The number of fused-ring (bicyclic) bond motifs is 1. The average molecular weight is 309 g/mol. The van der Waals surface area contributed by atoms with Crippen LogP contribution < -0.4 is 10.1 Å². The van der Waals surface area contributed by atoms with Crippen molar-refractivity contribution in [3.05, 3.63) is 29.8 Å². The van der Waals surface area contributed by atoms with E-state index in [1.54, 1.807) is 0 Å². The zero-order valence-corrected chi connectivity index (χ0v) is 13.3. The van der Waals surface area contributed by atoms with Gasteiger partial charge in [0.25, 0.3) is 0 Å². The third-order valence-electron chi connectivity index (χ3n) is 4.98. The van der Waals surface area contributed by atoms with Crippen molar-refractivity contribution in [3.8, 4) is 5.75 Å². The highest BCUT2D eigenvalue weighted by Crippen LogP contribution is 2.30. The fourth-order valence-corrected chi connectivity index (χ4v) is 3.53. The molecule has 1 aromatic carbocycles. The summed E-state index contributed by atoms with van der Waals surface area (Å²) < 4.78 is 5.79. The van der Waals surface area contributed by atoms with E-state index in [4.69, 9.17) is 4.74 Å². The number of ether oxygens (including phenoxy) is 1. The van der Waals surface area contributed by atoms with E-state index in [1.165, 1.54) is 44.6 Å². The van der Waals surface area contributed by atoms with Crippen LogP contribution in [0.3, 0.4) is 0 Å². The van der Waals surface area contributed by atoms with Crippen LogP contribution >= 0.6 is 12.4 Å². The topological polar surface area (TPSA) is 24.5 Å². The van der Waals surface area contributed by atoms with Crippen molar-refractivity contribution < 1.29 is 4.74 Å². The molecule has 1 aliphatic carbocycles. The Morgan fingerprint density at radius 1 is 1.05 bits per heavy atom. The largest absolute Gasteiger partial charge is 0.493 e. The number of likely N-dealkylation sites (tertiary alicyclic amines) is 1. The van der Waals surface area contributed by atoms with E-state index in [2.05, 4.69) is 34.5 Å². The van der Waals surface area contributed by atoms with E-state index in [1.807, 2.05) is 0 Å². The monoisotopic (exact) mass is 308 g/mol. The zero-order chi connectivity index (χ0) is 13.4. The molecule has 4 heteroatoms. The summed E-state index contributed by atoms with van der Waals surface area (Å²) in [5.41, 5.74) is 1.41. The second kappa shape index (κ2) is 6.55. The van der Waals surface area contributed by atoms with Crippen molar-refractivity contribution in [3.63, 3.8) is 0 Å². The molecule has 2 heterocycles. The molecule has 21 heavy (non-hydrogen) atoms. The zero-order valence-electron chi connectivity index (χ0n) is 12.5. The highest BCUT2D eigenvalue weighted by molar-refractivity contribution is 5.85. The lowest BCUT2D eigenvalue weighted by molar-refractivity contribution is 0.297. The standard InChI is InChI=1S/C17H24N2O.ClH/c1-2-14(1)12-20-17-5-3-13(4-6-17)9-19-10-15-7-18-8-16(15)11-19;/h3-6,14-16,18H,1-2,7-12H2;1H/t15-,16+;. The fourth-order valence-electron chi connectivity index (χ4n) is 3.53. The number of halogens is 1. The molecule has 2 saturated heterocycles. The van der Waals surface area contributed by atoms with Crippen LogP contribution in [0.25, 0.3) is 0 Å². The second-order valence-electron chi connectivity index (χ2n) is 6.77. The summed E-state index contributed by atoms with van der Waals surface area (Å²) in [6.07, 6.45) is 2.70. The minimum Gasteiger partial charge on any atom is -0.493 e. The number of rotatable bonds is 5. The molecular formula is C17H25ClN2O. The highest BCUT2D eigenvalue weighted by Gasteiger charge is 2.35. The van der Waals surface area contributed by atoms with Crippen LogP contribution in [0, 0.1) is 17.8 Å². The summed E-state index contributed by atoms with van der Waals surface area (Å²) in [5.74, 6) is 3.63. The van der Waals surface area contributed by atoms with Crippen molar-refractivity contribution in [1.82, 2.24) is 10.2 Å². The van der Waals surface area contributed by atoms with Crippen LogP contribution in [0.5, 0.6) is 5.75 Å².